The summed E-state index contributed by atoms with van der Waals surface area (Å²) < 4.78 is 56.2. The number of carboxylic acids is 2. The summed E-state index contributed by atoms with van der Waals surface area (Å²) >= 11 is 24.7. The van der Waals surface area contributed by atoms with Gasteiger partial charge in [0.05, 0.1) is 51.8 Å². The normalized spacial score (nSPS) is 21.1. The number of carboxylic acid groups (broad SMARTS) is 2. The van der Waals surface area contributed by atoms with Gasteiger partial charge >= 0.3 is 11.9 Å². The number of carbonyl (C=O) groups excluding carboxylic acids is 3. The third-order valence-electron chi connectivity index (χ3n) is 17.0. The van der Waals surface area contributed by atoms with E-state index in [1.807, 2.05) is 6.92 Å². The molecule has 0 aromatic heterocycles. The molecular weight excluding hydrogens is 1170 g/mol. The molecule has 0 saturated carbocycles. The van der Waals surface area contributed by atoms with Crippen LogP contribution in [0.3, 0.4) is 0 Å². The Bertz CT molecular complexity index is 3460. The molecule has 4 heterocycles. The van der Waals surface area contributed by atoms with E-state index in [9.17, 15) is 39.3 Å². The SMILES string of the molecule is CCC(O)(c1cc(F)c2c(c1)C(=O)N([C@H](c1ccc(Cl)cc1)[C@H](C)C(=O)O)[C@@]2(OC)c1ccc(Cl)cc1)C1CCOCC1.CO[C@]1(c2ccc(Cl)cc2)c2c(F)cc(C(=O)C3CCOCC3)cc2C(=O)N1[C@H](c1ccc(Cl)cc1)[C@H](C)C(=O)O. The monoisotopic (exact) mass is 1230 g/mol. The molecule has 6 aromatic rings. The average Bonchev–Trinajstić information content (AvgIpc) is 1.68. The second-order valence-corrected chi connectivity index (χ2v) is 23.2. The Morgan fingerprint density at radius 3 is 1.36 bits per heavy atom. The Kier molecular flexibility index (Phi) is 18.8. The molecule has 0 spiro atoms. The van der Waals surface area contributed by atoms with Gasteiger partial charge in [-0.15, -0.1) is 0 Å². The molecule has 0 radical (unpaired) electrons. The maximum Gasteiger partial charge on any atom is 0.308 e. The van der Waals surface area contributed by atoms with E-state index in [2.05, 4.69) is 0 Å². The number of nitrogens with zero attached hydrogens (tertiary/aromatic N) is 2. The van der Waals surface area contributed by atoms with Crippen LogP contribution in [0.5, 0.6) is 0 Å². The standard InChI is InChI=1S/C33H34Cl2FNO6.C31H28Cl2FNO6/c1-4-32(41,21-13-15-43-16-14-21)23-17-26-28(27(36)18-23)33(42-3,22-7-11-25(35)12-8-22)37(30(26)38)29(19(2)31(39)40)20-5-9-24(34)10-6-20;1-17(30(38)39)27(18-3-7-22(32)8-4-18)35-29(37)24-15-20(28(36)19-11-13-41-14-12-19)16-25(34)26(24)31(35,40-2)21-5-9-23(33)10-6-21/h5-12,17-19,21,29,41H,4,13-16H2,1-3H3,(H,39,40);3-10,15-17,19,27H,11-14H2,1-2H3,(H,38,39)/t19-,29-,32?,33+;17-,27-,31+/m00/s1. The van der Waals surface area contributed by atoms with E-state index in [4.69, 9.17) is 65.4 Å². The first kappa shape index (κ1) is 62.2. The molecular formula is C64H62Cl4F2N2O12. The number of rotatable bonds is 17. The summed E-state index contributed by atoms with van der Waals surface area (Å²) in [5.41, 5.74) is -3.39. The summed E-state index contributed by atoms with van der Waals surface area (Å²) in [4.78, 5) is 70.0. The molecule has 14 nitrogen and oxygen atoms in total. The Hall–Kier alpha value is -6.31. The van der Waals surface area contributed by atoms with Crippen LogP contribution in [0.2, 0.25) is 20.1 Å². The van der Waals surface area contributed by atoms with Gasteiger partial charge in [0, 0.05) is 83.3 Å². The molecule has 7 atom stereocenters. The van der Waals surface area contributed by atoms with Crippen molar-refractivity contribution < 1.29 is 67.0 Å². The number of hydrogen-bond acceptors (Lipinski definition) is 10. The number of hydrogen-bond donors (Lipinski definition) is 3. The molecule has 10 rings (SSSR count). The smallest absolute Gasteiger partial charge is 0.308 e. The highest BCUT2D eigenvalue weighted by atomic mass is 35.5. The number of ketones is 1. The lowest BCUT2D eigenvalue weighted by atomic mass is 9.74. The molecule has 1 unspecified atom stereocenters. The van der Waals surface area contributed by atoms with Gasteiger partial charge in [0.1, 0.15) is 11.6 Å². The Morgan fingerprint density at radius 2 is 0.976 bits per heavy atom. The van der Waals surface area contributed by atoms with Crippen molar-refractivity contribution in [1.29, 1.82) is 0 Å². The van der Waals surface area contributed by atoms with Crippen molar-refractivity contribution in [1.82, 2.24) is 9.80 Å². The number of ether oxygens (including phenoxy) is 4. The highest BCUT2D eigenvalue weighted by Gasteiger charge is 2.60. The predicted octanol–water partition coefficient (Wildman–Crippen LogP) is 13.4. The second kappa shape index (κ2) is 25.3. The Labute approximate surface area is 505 Å². The van der Waals surface area contributed by atoms with Crippen LogP contribution >= 0.6 is 46.4 Å². The molecule has 2 fully saturated rings. The molecule has 3 N–H and O–H groups in total. The van der Waals surface area contributed by atoms with E-state index >= 15 is 8.78 Å². The number of carbonyl (C=O) groups is 5. The van der Waals surface area contributed by atoms with Crippen LogP contribution in [0, 0.1) is 35.3 Å². The van der Waals surface area contributed by atoms with Crippen LogP contribution in [0.25, 0.3) is 0 Å². The van der Waals surface area contributed by atoms with Crippen molar-refractivity contribution in [2.45, 2.75) is 82.0 Å². The van der Waals surface area contributed by atoms with Gasteiger partial charge in [-0.1, -0.05) is 102 Å². The minimum Gasteiger partial charge on any atom is -0.481 e. The van der Waals surface area contributed by atoms with Gasteiger partial charge in [-0.25, -0.2) is 8.78 Å². The van der Waals surface area contributed by atoms with E-state index in [1.54, 1.807) is 97.1 Å². The third-order valence-corrected chi connectivity index (χ3v) is 18.0. The van der Waals surface area contributed by atoms with Crippen LogP contribution in [0.1, 0.15) is 135 Å². The lowest BCUT2D eigenvalue weighted by Gasteiger charge is -2.44. The fourth-order valence-electron chi connectivity index (χ4n) is 12.6. The van der Waals surface area contributed by atoms with Crippen LogP contribution in [-0.4, -0.2) is 95.3 Å². The number of aliphatic hydroxyl groups is 1. The predicted molar refractivity (Wildman–Crippen MR) is 311 cm³/mol. The lowest BCUT2D eigenvalue weighted by Crippen LogP contribution is -2.51. The summed E-state index contributed by atoms with van der Waals surface area (Å²) in [5, 5.41) is 34.0. The Balaban J connectivity index is 0.000000202. The van der Waals surface area contributed by atoms with E-state index in [0.717, 1.165) is 6.07 Å². The maximum absolute atomic E-state index is 16.7. The lowest BCUT2D eigenvalue weighted by molar-refractivity contribution is -0.150. The average molecular weight is 1230 g/mol. The van der Waals surface area contributed by atoms with Gasteiger partial charge in [-0.3, -0.25) is 33.8 Å². The van der Waals surface area contributed by atoms with Crippen molar-refractivity contribution in [2.75, 3.05) is 40.6 Å². The number of fused-ring (bicyclic) bond motifs is 2. The van der Waals surface area contributed by atoms with Crippen LogP contribution in [0.15, 0.2) is 121 Å². The summed E-state index contributed by atoms with van der Waals surface area (Å²) in [6, 6.07) is 28.9. The van der Waals surface area contributed by atoms with Gasteiger partial charge in [-0.05, 0) is 141 Å². The Morgan fingerprint density at radius 1 is 0.607 bits per heavy atom. The van der Waals surface area contributed by atoms with Crippen molar-refractivity contribution in [3.05, 3.63) is 209 Å². The van der Waals surface area contributed by atoms with Crippen molar-refractivity contribution >= 4 is 75.9 Å². The zero-order valence-electron chi connectivity index (χ0n) is 46.6. The molecule has 20 heteroatoms. The first-order chi connectivity index (χ1) is 40.1. The zero-order chi connectivity index (χ0) is 60.6. The second-order valence-electron chi connectivity index (χ2n) is 21.5. The summed E-state index contributed by atoms with van der Waals surface area (Å²) in [6.45, 7) is 6.59. The van der Waals surface area contributed by atoms with Crippen LogP contribution in [-0.2, 0) is 45.6 Å². The molecule has 2 saturated heterocycles. The quantitative estimate of drug-likeness (QED) is 0.0734. The number of Topliss-reactive ketones (excluding diaryl/α,β-unsaturated/α-hetero) is 1. The van der Waals surface area contributed by atoms with Crippen molar-refractivity contribution in [3.8, 4) is 0 Å². The number of benzene rings is 6. The third kappa shape index (κ3) is 11.1. The zero-order valence-corrected chi connectivity index (χ0v) is 49.6. The van der Waals surface area contributed by atoms with E-state index < -0.39 is 76.4 Å². The van der Waals surface area contributed by atoms with Gasteiger partial charge in [-0.2, -0.15) is 0 Å². The van der Waals surface area contributed by atoms with E-state index in [-0.39, 0.29) is 51.0 Å². The number of amides is 2. The summed E-state index contributed by atoms with van der Waals surface area (Å²) in [5.74, 6) is -8.34. The molecule has 0 aliphatic carbocycles. The molecule has 2 amide bonds. The summed E-state index contributed by atoms with van der Waals surface area (Å²) in [7, 11) is 2.68. The largest absolute Gasteiger partial charge is 0.481 e. The van der Waals surface area contributed by atoms with Crippen molar-refractivity contribution in [2.24, 2.45) is 23.7 Å². The highest BCUT2D eigenvalue weighted by Crippen LogP contribution is 2.55. The first-order valence-electron chi connectivity index (χ1n) is 27.5. The number of methoxy groups -OCH3 is 2. The molecule has 0 bridgehead atoms. The van der Waals surface area contributed by atoms with Crippen LogP contribution < -0.4 is 0 Å². The molecule has 442 valence electrons. The molecule has 84 heavy (non-hydrogen) atoms. The fraction of sp³-hybridized carbons (Fsp3) is 0.359. The van der Waals surface area contributed by atoms with Gasteiger partial charge in [0.2, 0.25) is 0 Å². The van der Waals surface area contributed by atoms with E-state index in [0.29, 0.717) is 101 Å². The van der Waals surface area contributed by atoms with E-state index in [1.165, 1.54) is 56.1 Å². The number of halogens is 6. The molecule has 4 aliphatic rings. The molecule has 6 aromatic carbocycles. The number of aliphatic carboxylic acids is 2. The van der Waals surface area contributed by atoms with Crippen LogP contribution in [0.4, 0.5) is 8.78 Å². The summed E-state index contributed by atoms with van der Waals surface area (Å²) in [6.07, 6.45) is 2.47. The highest BCUT2D eigenvalue weighted by molar-refractivity contribution is 6.31. The van der Waals surface area contributed by atoms with Crippen molar-refractivity contribution in [3.63, 3.8) is 0 Å². The van der Waals surface area contributed by atoms with Gasteiger partial charge in [0.25, 0.3) is 11.8 Å². The topological polar surface area (TPSA) is 189 Å². The first-order valence-corrected chi connectivity index (χ1v) is 29.0. The fourth-order valence-corrected chi connectivity index (χ4v) is 13.1. The molecule has 4 aliphatic heterocycles. The minimum atomic E-state index is -1.88. The maximum atomic E-state index is 16.7. The van der Waals surface area contributed by atoms with Gasteiger partial charge in [0.15, 0.2) is 17.2 Å². The minimum absolute atomic E-state index is 0.0118. The van der Waals surface area contributed by atoms with Gasteiger partial charge < -0.3 is 34.3 Å².